The third-order valence-electron chi connectivity index (χ3n) is 4.64. The van der Waals surface area contributed by atoms with E-state index in [-0.39, 0.29) is 11.1 Å². The normalized spacial score (nSPS) is 11.3. The molecule has 1 nitrogen and oxygen atoms in total. The van der Waals surface area contributed by atoms with Gasteiger partial charge in [-0.2, -0.15) is 4.99 Å². The number of hydrogen-bond acceptors (Lipinski definition) is 3. The SMILES string of the molecule is CCC(C)Cc1ccc(C#Cc2cc(F)c(-c3ccc(N=C=S)cc3)cc2F)s1. The van der Waals surface area contributed by atoms with Crippen LogP contribution in [0, 0.1) is 29.4 Å². The van der Waals surface area contributed by atoms with Crippen LogP contribution in [0.2, 0.25) is 0 Å². The third-order valence-corrected chi connectivity index (χ3v) is 5.75. The maximum absolute atomic E-state index is 14.6. The van der Waals surface area contributed by atoms with Gasteiger partial charge in [0.1, 0.15) is 11.6 Å². The molecule has 0 aliphatic carbocycles. The van der Waals surface area contributed by atoms with Crippen LogP contribution >= 0.6 is 23.6 Å². The van der Waals surface area contributed by atoms with Crippen LogP contribution in [0.1, 0.15) is 35.6 Å². The topological polar surface area (TPSA) is 12.4 Å². The van der Waals surface area contributed by atoms with E-state index in [1.54, 1.807) is 35.6 Å². The smallest absolute Gasteiger partial charge is 0.139 e. The van der Waals surface area contributed by atoms with Crippen molar-refractivity contribution >= 4 is 34.4 Å². The highest BCUT2D eigenvalue weighted by atomic mass is 32.1. The Balaban J connectivity index is 1.83. The highest BCUT2D eigenvalue weighted by Crippen LogP contribution is 2.27. The summed E-state index contributed by atoms with van der Waals surface area (Å²) in [6.07, 6.45) is 2.13. The molecule has 1 atom stereocenters. The second-order valence-electron chi connectivity index (χ2n) is 6.80. The van der Waals surface area contributed by atoms with Crippen LogP contribution in [0.3, 0.4) is 0 Å². The first kappa shape index (κ1) is 21.1. The first-order valence-corrected chi connectivity index (χ1v) is 10.5. The van der Waals surface area contributed by atoms with Gasteiger partial charge in [-0.05, 0) is 66.5 Å². The molecule has 2 aromatic carbocycles. The van der Waals surface area contributed by atoms with E-state index >= 15 is 0 Å². The lowest BCUT2D eigenvalue weighted by Gasteiger charge is -2.05. The Morgan fingerprint density at radius 3 is 2.48 bits per heavy atom. The molecule has 0 spiro atoms. The molecule has 0 saturated heterocycles. The number of thiocarbonyl (C=S) groups is 1. The molecule has 0 saturated carbocycles. The van der Waals surface area contributed by atoms with E-state index in [1.807, 2.05) is 6.07 Å². The maximum atomic E-state index is 14.6. The van der Waals surface area contributed by atoms with Gasteiger partial charge in [0.2, 0.25) is 0 Å². The summed E-state index contributed by atoms with van der Waals surface area (Å²) in [5.41, 5.74) is 1.39. The molecule has 1 heterocycles. The minimum Gasteiger partial charge on any atom is -0.206 e. The van der Waals surface area contributed by atoms with Gasteiger partial charge in [0, 0.05) is 10.4 Å². The Morgan fingerprint density at radius 1 is 1.03 bits per heavy atom. The molecule has 0 aliphatic heterocycles. The van der Waals surface area contributed by atoms with E-state index in [9.17, 15) is 8.78 Å². The number of nitrogens with zero attached hydrogens (tertiary/aromatic N) is 1. The molecule has 146 valence electrons. The van der Waals surface area contributed by atoms with E-state index in [0.717, 1.165) is 23.8 Å². The third kappa shape index (κ3) is 5.46. The molecule has 5 heteroatoms. The van der Waals surface area contributed by atoms with Crippen molar-refractivity contribution in [2.24, 2.45) is 10.9 Å². The highest BCUT2D eigenvalue weighted by Gasteiger charge is 2.11. The lowest BCUT2D eigenvalue weighted by molar-refractivity contribution is 0.565. The average Bonchev–Trinajstić information content (AvgIpc) is 3.16. The molecule has 0 amide bonds. The zero-order valence-electron chi connectivity index (χ0n) is 16.1. The van der Waals surface area contributed by atoms with Crippen molar-refractivity contribution in [3.8, 4) is 23.0 Å². The molecule has 0 bridgehead atoms. The van der Waals surface area contributed by atoms with E-state index < -0.39 is 11.6 Å². The number of isothiocyanates is 1. The summed E-state index contributed by atoms with van der Waals surface area (Å²) in [7, 11) is 0. The summed E-state index contributed by atoms with van der Waals surface area (Å²) < 4.78 is 29.1. The zero-order valence-corrected chi connectivity index (χ0v) is 17.8. The molecule has 29 heavy (non-hydrogen) atoms. The van der Waals surface area contributed by atoms with Gasteiger partial charge < -0.3 is 0 Å². The van der Waals surface area contributed by atoms with Gasteiger partial charge in [0.25, 0.3) is 0 Å². The lowest BCUT2D eigenvalue weighted by Crippen LogP contribution is -1.94. The fourth-order valence-electron chi connectivity index (χ4n) is 2.80. The number of benzene rings is 2. The van der Waals surface area contributed by atoms with Crippen LogP contribution in [0.4, 0.5) is 14.5 Å². The monoisotopic (exact) mass is 423 g/mol. The number of aliphatic imine (C=N–C) groups is 1. The molecular weight excluding hydrogens is 404 g/mol. The van der Waals surface area contributed by atoms with Crippen molar-refractivity contribution in [1.82, 2.24) is 0 Å². The summed E-state index contributed by atoms with van der Waals surface area (Å²) in [5, 5.41) is 2.27. The standard InChI is InChI=1S/C24H19F2NS2/c1-3-16(2)12-21-11-10-20(29-21)9-6-18-13-24(26)22(14-23(18)25)17-4-7-19(8-5-17)27-15-28/h4-5,7-8,10-11,13-14,16H,3,12H2,1-2H3. The Morgan fingerprint density at radius 2 is 1.79 bits per heavy atom. The van der Waals surface area contributed by atoms with Crippen LogP contribution in [-0.4, -0.2) is 5.16 Å². The van der Waals surface area contributed by atoms with Gasteiger partial charge in [-0.3, -0.25) is 0 Å². The molecule has 0 radical (unpaired) electrons. The Bertz CT molecular complexity index is 1110. The van der Waals surface area contributed by atoms with E-state index in [2.05, 4.69) is 54.1 Å². The van der Waals surface area contributed by atoms with Crippen molar-refractivity contribution in [3.63, 3.8) is 0 Å². The van der Waals surface area contributed by atoms with Crippen LogP contribution in [-0.2, 0) is 6.42 Å². The predicted octanol–water partition coefficient (Wildman–Crippen LogP) is 7.42. The van der Waals surface area contributed by atoms with Gasteiger partial charge in [-0.1, -0.05) is 44.2 Å². The van der Waals surface area contributed by atoms with Crippen LogP contribution < -0.4 is 0 Å². The largest absolute Gasteiger partial charge is 0.206 e. The molecule has 1 aromatic heterocycles. The van der Waals surface area contributed by atoms with Gasteiger partial charge in [0.05, 0.1) is 21.3 Å². The van der Waals surface area contributed by atoms with Crippen LogP contribution in [0.25, 0.3) is 11.1 Å². The van der Waals surface area contributed by atoms with E-state index in [1.165, 1.54) is 10.9 Å². The summed E-state index contributed by atoms with van der Waals surface area (Å²) in [6.45, 7) is 4.38. The molecule has 0 fully saturated rings. The average molecular weight is 424 g/mol. The summed E-state index contributed by atoms with van der Waals surface area (Å²) in [5.74, 6) is 5.26. The van der Waals surface area contributed by atoms with Gasteiger partial charge in [0.15, 0.2) is 0 Å². The maximum Gasteiger partial charge on any atom is 0.139 e. The van der Waals surface area contributed by atoms with Gasteiger partial charge in [-0.15, -0.1) is 11.3 Å². The number of rotatable bonds is 5. The number of thiophene rings is 1. The number of halogens is 2. The Hall–Kier alpha value is -2.64. The van der Waals surface area contributed by atoms with Crippen molar-refractivity contribution in [2.75, 3.05) is 0 Å². The lowest BCUT2D eigenvalue weighted by atomic mass is 10.0. The van der Waals surface area contributed by atoms with Crippen molar-refractivity contribution in [3.05, 3.63) is 75.5 Å². The van der Waals surface area contributed by atoms with Crippen LogP contribution in [0.5, 0.6) is 0 Å². The molecule has 3 rings (SSSR count). The Kier molecular flexibility index (Phi) is 7.06. The zero-order chi connectivity index (χ0) is 20.8. The van der Waals surface area contributed by atoms with E-state index in [4.69, 9.17) is 0 Å². The first-order valence-electron chi connectivity index (χ1n) is 9.28. The fourth-order valence-corrected chi connectivity index (χ4v) is 3.93. The van der Waals surface area contributed by atoms with Crippen molar-refractivity contribution in [1.29, 1.82) is 0 Å². The van der Waals surface area contributed by atoms with Crippen molar-refractivity contribution in [2.45, 2.75) is 26.7 Å². The minimum atomic E-state index is -0.550. The second kappa shape index (κ2) is 9.71. The molecular formula is C24H19F2NS2. The summed E-state index contributed by atoms with van der Waals surface area (Å²) in [4.78, 5) is 5.96. The number of hydrogen-bond donors (Lipinski definition) is 0. The first-order chi connectivity index (χ1) is 14.0. The molecule has 3 aromatic rings. The predicted molar refractivity (Wildman–Crippen MR) is 120 cm³/mol. The van der Waals surface area contributed by atoms with E-state index in [0.29, 0.717) is 17.2 Å². The fraction of sp³-hybridized carbons (Fsp3) is 0.208. The quantitative estimate of drug-likeness (QED) is 0.236. The minimum absolute atomic E-state index is 0.0463. The summed E-state index contributed by atoms with van der Waals surface area (Å²) in [6, 6.07) is 13.0. The van der Waals surface area contributed by atoms with Crippen LogP contribution in [0.15, 0.2) is 53.5 Å². The second-order valence-corrected chi connectivity index (χ2v) is 8.15. The molecule has 1 unspecified atom stereocenters. The summed E-state index contributed by atoms with van der Waals surface area (Å²) >= 11 is 6.16. The van der Waals surface area contributed by atoms with Gasteiger partial charge in [-0.25, -0.2) is 8.78 Å². The van der Waals surface area contributed by atoms with Crippen molar-refractivity contribution < 1.29 is 8.78 Å². The molecule has 0 N–H and O–H groups in total. The molecule has 0 aliphatic rings. The van der Waals surface area contributed by atoms with Gasteiger partial charge >= 0.3 is 0 Å². The Labute approximate surface area is 179 Å². The highest BCUT2D eigenvalue weighted by molar-refractivity contribution is 7.78.